The Kier molecular flexibility index (Phi) is 6.45. The van der Waals surface area contributed by atoms with Crippen LogP contribution in [0.5, 0.6) is 0 Å². The van der Waals surface area contributed by atoms with E-state index in [0.29, 0.717) is 21.3 Å². The fourth-order valence-corrected chi connectivity index (χ4v) is 4.41. The van der Waals surface area contributed by atoms with Gasteiger partial charge >= 0.3 is 12.1 Å². The first-order chi connectivity index (χ1) is 16.1. The number of thiophene rings is 1. The molecule has 0 aliphatic heterocycles. The van der Waals surface area contributed by atoms with Crippen LogP contribution in [-0.4, -0.2) is 39.5 Å². The first-order valence-electron chi connectivity index (χ1n) is 9.79. The van der Waals surface area contributed by atoms with E-state index in [4.69, 9.17) is 16.7 Å². The molecule has 0 atom stereocenters. The molecule has 6 nitrogen and oxygen atoms in total. The minimum atomic E-state index is -4.55. The molecule has 2 aromatic carbocycles. The van der Waals surface area contributed by atoms with Gasteiger partial charge in [-0.25, -0.2) is 4.68 Å². The van der Waals surface area contributed by atoms with Crippen LogP contribution in [0.4, 0.5) is 13.2 Å². The van der Waals surface area contributed by atoms with Gasteiger partial charge in [-0.2, -0.15) is 18.3 Å². The number of nitrogens with zero attached hydrogens (tertiary/aromatic N) is 2. The Morgan fingerprint density at radius 3 is 2.47 bits per heavy atom. The van der Waals surface area contributed by atoms with E-state index in [2.05, 4.69) is 5.10 Å². The van der Waals surface area contributed by atoms with Crippen LogP contribution in [-0.2, 0) is 0 Å². The van der Waals surface area contributed by atoms with Crippen molar-refractivity contribution in [2.75, 3.05) is 6.54 Å². The van der Waals surface area contributed by atoms with Crippen LogP contribution in [0.1, 0.15) is 20.8 Å². The number of nitrogens with one attached hydrogen (secondary N) is 1. The van der Waals surface area contributed by atoms with Crippen molar-refractivity contribution < 1.29 is 27.9 Å². The van der Waals surface area contributed by atoms with Gasteiger partial charge in [-0.1, -0.05) is 35.9 Å². The second kappa shape index (κ2) is 9.32. The first kappa shape index (κ1) is 23.5. The molecular formula is C23H16ClF3N3O3S+. The highest BCUT2D eigenvalue weighted by Crippen LogP contribution is 2.37. The molecule has 0 spiro atoms. The van der Waals surface area contributed by atoms with Crippen LogP contribution in [0.2, 0.25) is 5.02 Å². The van der Waals surface area contributed by atoms with E-state index < -0.39 is 24.6 Å². The van der Waals surface area contributed by atoms with E-state index >= 15 is 0 Å². The molecular weight excluding hydrogens is 491 g/mol. The molecule has 0 fully saturated rings. The standard InChI is InChI=1S/C23H15ClF3N3O3S/c24-15-6-1-2-7-17(15)30-18(11-16(29-30)21(31)28-12-23(25,26)27)20-9-8-19(34-20)13-4-3-5-14(10-13)22(32)33/h1-11H,12H2,(H,28,31)(H,32,33)/p+1. The predicted molar refractivity (Wildman–Crippen MR) is 124 cm³/mol. The number of rotatable bonds is 6. The van der Waals surface area contributed by atoms with Crippen molar-refractivity contribution in [2.45, 2.75) is 6.18 Å². The molecule has 2 aromatic heterocycles. The van der Waals surface area contributed by atoms with Gasteiger partial charge in [-0.05, 0) is 48.0 Å². The lowest BCUT2D eigenvalue weighted by atomic mass is 10.1. The third-order valence-corrected chi connectivity index (χ3v) is 6.22. The van der Waals surface area contributed by atoms with E-state index in [1.807, 2.05) is 5.32 Å². The van der Waals surface area contributed by atoms with E-state index in [1.165, 1.54) is 22.1 Å². The fraction of sp³-hybridized carbons (Fsp3) is 0.0870. The van der Waals surface area contributed by atoms with Crippen molar-refractivity contribution in [3.63, 3.8) is 0 Å². The number of hydrogen-bond acceptors (Lipinski definition) is 4. The first-order valence-corrected chi connectivity index (χ1v) is 11.0. The smallest absolute Gasteiger partial charge is 0.549 e. The van der Waals surface area contributed by atoms with Gasteiger partial charge < -0.3 is 10.4 Å². The molecule has 0 aliphatic rings. The van der Waals surface area contributed by atoms with Gasteiger partial charge in [0.25, 0.3) is 5.91 Å². The van der Waals surface area contributed by atoms with Gasteiger partial charge in [-0.15, -0.1) is 11.3 Å². The number of halogens is 4. The minimum absolute atomic E-state index is 0.198. The SMILES string of the molecule is O=C([OH2+])c1cccc(-c2ccc(-c3cc(C(=O)NCC(F)(F)F)nn3-c3ccccc3Cl)s2)c1. The summed E-state index contributed by atoms with van der Waals surface area (Å²) in [5, 5.41) is 13.7. The molecule has 0 unspecified atom stereocenters. The Morgan fingerprint density at radius 2 is 1.76 bits per heavy atom. The number of alkyl halides is 3. The molecule has 34 heavy (non-hydrogen) atoms. The van der Waals surface area contributed by atoms with E-state index in [0.717, 1.165) is 10.4 Å². The van der Waals surface area contributed by atoms with Crippen molar-refractivity contribution in [3.05, 3.63) is 83.0 Å². The van der Waals surface area contributed by atoms with Crippen LogP contribution in [0.15, 0.2) is 66.7 Å². The number of amides is 1. The summed E-state index contributed by atoms with van der Waals surface area (Å²) in [6.45, 7) is -1.48. The molecule has 0 aliphatic carbocycles. The average molecular weight is 507 g/mol. The summed E-state index contributed by atoms with van der Waals surface area (Å²) in [6, 6.07) is 18.3. The number of hydrogen-bond donors (Lipinski definition) is 1. The predicted octanol–water partition coefficient (Wildman–Crippen LogP) is 5.08. The quantitative estimate of drug-likeness (QED) is 0.370. The lowest BCUT2D eigenvalue weighted by Gasteiger charge is -2.08. The third kappa shape index (κ3) is 5.13. The molecule has 0 saturated carbocycles. The topological polar surface area (TPSA) is 86.9 Å². The summed E-state index contributed by atoms with van der Waals surface area (Å²) < 4.78 is 39.1. The van der Waals surface area contributed by atoms with Crippen molar-refractivity contribution in [1.29, 1.82) is 0 Å². The molecule has 4 rings (SSSR count). The lowest BCUT2D eigenvalue weighted by Crippen LogP contribution is -2.33. The van der Waals surface area contributed by atoms with E-state index in [9.17, 15) is 22.8 Å². The Balaban J connectivity index is 1.76. The van der Waals surface area contributed by atoms with E-state index in [-0.39, 0.29) is 11.3 Å². The molecule has 4 aromatic rings. The fourth-order valence-electron chi connectivity index (χ4n) is 3.19. The number of carbonyl (C=O) groups excluding carboxylic acids is 2. The molecule has 1 amide bonds. The molecule has 0 bridgehead atoms. The number of benzene rings is 2. The summed E-state index contributed by atoms with van der Waals surface area (Å²) in [5.74, 6) is -1.77. The molecule has 0 saturated heterocycles. The zero-order valence-corrected chi connectivity index (χ0v) is 18.8. The van der Waals surface area contributed by atoms with Gasteiger partial charge in [0.1, 0.15) is 12.1 Å². The molecule has 3 N–H and O–H groups in total. The number of para-hydroxylation sites is 1. The zero-order valence-electron chi connectivity index (χ0n) is 17.2. The van der Waals surface area contributed by atoms with Crippen LogP contribution in [0.3, 0.4) is 0 Å². The van der Waals surface area contributed by atoms with Crippen LogP contribution in [0.25, 0.3) is 26.7 Å². The second-order valence-electron chi connectivity index (χ2n) is 7.15. The summed E-state index contributed by atoms with van der Waals surface area (Å²) in [4.78, 5) is 25.2. The van der Waals surface area contributed by atoms with E-state index in [1.54, 1.807) is 60.7 Å². The molecule has 0 radical (unpaired) electrons. The second-order valence-corrected chi connectivity index (χ2v) is 8.64. The lowest BCUT2D eigenvalue weighted by molar-refractivity contribution is -0.123. The maximum atomic E-state index is 12.6. The highest BCUT2D eigenvalue weighted by Gasteiger charge is 2.29. The Labute approximate surface area is 200 Å². The van der Waals surface area contributed by atoms with Crippen molar-refractivity contribution in [1.82, 2.24) is 15.1 Å². The van der Waals surface area contributed by atoms with Crippen LogP contribution < -0.4 is 5.32 Å². The maximum absolute atomic E-state index is 12.6. The zero-order chi connectivity index (χ0) is 24.5. The Hall–Kier alpha value is -3.63. The van der Waals surface area contributed by atoms with Gasteiger partial charge in [0.15, 0.2) is 5.69 Å². The summed E-state index contributed by atoms with van der Waals surface area (Å²) in [5.41, 5.74) is 1.68. The van der Waals surface area contributed by atoms with Gasteiger partial charge in [0, 0.05) is 9.67 Å². The summed E-state index contributed by atoms with van der Waals surface area (Å²) in [7, 11) is 0. The Morgan fingerprint density at radius 1 is 1.03 bits per heavy atom. The number of carbonyl (C=O) groups is 2. The van der Waals surface area contributed by atoms with Gasteiger partial charge in [0.2, 0.25) is 0 Å². The molecule has 174 valence electrons. The monoisotopic (exact) mass is 506 g/mol. The van der Waals surface area contributed by atoms with Crippen molar-refractivity contribution in [2.24, 2.45) is 0 Å². The average Bonchev–Trinajstić information content (AvgIpc) is 3.45. The molecule has 11 heteroatoms. The minimum Gasteiger partial charge on any atom is -0.561 e. The summed E-state index contributed by atoms with van der Waals surface area (Å²) in [6.07, 6.45) is -4.55. The summed E-state index contributed by atoms with van der Waals surface area (Å²) >= 11 is 7.65. The highest BCUT2D eigenvalue weighted by atomic mass is 35.5. The van der Waals surface area contributed by atoms with Crippen LogP contribution >= 0.6 is 22.9 Å². The highest BCUT2D eigenvalue weighted by molar-refractivity contribution is 7.18. The third-order valence-electron chi connectivity index (χ3n) is 4.74. The largest absolute Gasteiger partial charge is 0.561 e. The molecule has 2 heterocycles. The van der Waals surface area contributed by atoms with Gasteiger partial charge in [-0.3, -0.25) is 4.79 Å². The normalized spacial score (nSPS) is 11.4. The van der Waals surface area contributed by atoms with Crippen molar-refractivity contribution in [3.8, 4) is 26.7 Å². The van der Waals surface area contributed by atoms with Crippen molar-refractivity contribution >= 4 is 34.8 Å². The van der Waals surface area contributed by atoms with Crippen LogP contribution in [0, 0.1) is 0 Å². The number of aromatic nitrogens is 2. The Bertz CT molecular complexity index is 1380. The maximum Gasteiger partial charge on any atom is 0.549 e. The van der Waals surface area contributed by atoms with Gasteiger partial charge in [0.05, 0.1) is 21.3 Å².